The van der Waals surface area contributed by atoms with Crippen molar-refractivity contribution in [3.05, 3.63) is 36.0 Å². The molecule has 21 heavy (non-hydrogen) atoms. The summed E-state index contributed by atoms with van der Waals surface area (Å²) >= 11 is 0. The molecule has 1 aliphatic heterocycles. The number of H-pyrrole nitrogens is 1. The zero-order chi connectivity index (χ0) is 14.1. The lowest BCUT2D eigenvalue weighted by Gasteiger charge is -2.36. The molecule has 0 bridgehead atoms. The molecule has 114 valence electrons. The summed E-state index contributed by atoms with van der Waals surface area (Å²) in [6, 6.07) is 10.1. The minimum Gasteiger partial charge on any atom is -0.357 e. The van der Waals surface area contributed by atoms with E-state index in [0.29, 0.717) is 0 Å². The van der Waals surface area contributed by atoms with E-state index < -0.39 is 6.04 Å². The van der Waals surface area contributed by atoms with Crippen molar-refractivity contribution < 1.29 is 4.79 Å². The van der Waals surface area contributed by atoms with Crippen molar-refractivity contribution >= 4 is 29.2 Å². The fourth-order valence-corrected chi connectivity index (χ4v) is 3.06. The number of nitrogens with one attached hydrogen (secondary N) is 1. The summed E-state index contributed by atoms with van der Waals surface area (Å²) in [5, 5.41) is 1.20. The molecule has 1 aliphatic rings. The first kappa shape index (κ1) is 15.9. The number of para-hydroxylation sites is 1. The van der Waals surface area contributed by atoms with Crippen molar-refractivity contribution in [2.75, 3.05) is 6.54 Å². The van der Waals surface area contributed by atoms with E-state index in [1.807, 2.05) is 17.0 Å². The van der Waals surface area contributed by atoms with E-state index in [1.54, 1.807) is 6.92 Å². The van der Waals surface area contributed by atoms with E-state index in [1.165, 1.54) is 5.39 Å². The van der Waals surface area contributed by atoms with Gasteiger partial charge in [-0.1, -0.05) is 18.2 Å². The number of carbonyl (C=O) groups excluding carboxylic acids is 1. The number of benzene rings is 1. The topological polar surface area (TPSA) is 62.1 Å². The van der Waals surface area contributed by atoms with Crippen LogP contribution < -0.4 is 5.73 Å². The summed E-state index contributed by atoms with van der Waals surface area (Å²) in [5.41, 5.74) is 8.03. The van der Waals surface area contributed by atoms with Gasteiger partial charge in [-0.2, -0.15) is 0 Å². The third kappa shape index (κ3) is 3.06. The average molecular weight is 308 g/mol. The van der Waals surface area contributed by atoms with Crippen molar-refractivity contribution in [3.63, 3.8) is 0 Å². The normalized spacial score (nSPS) is 20.1. The zero-order valence-electron chi connectivity index (χ0n) is 12.2. The second-order valence-corrected chi connectivity index (χ2v) is 5.64. The highest BCUT2D eigenvalue weighted by Crippen LogP contribution is 2.32. The van der Waals surface area contributed by atoms with Gasteiger partial charge in [-0.15, -0.1) is 12.4 Å². The van der Waals surface area contributed by atoms with Crippen LogP contribution in [0.5, 0.6) is 0 Å². The molecule has 0 aliphatic carbocycles. The van der Waals surface area contributed by atoms with Crippen molar-refractivity contribution in [1.29, 1.82) is 0 Å². The molecule has 4 nitrogen and oxygen atoms in total. The Bertz CT molecular complexity index is 590. The number of aromatic nitrogens is 1. The predicted molar refractivity (Wildman–Crippen MR) is 87.5 cm³/mol. The van der Waals surface area contributed by atoms with Gasteiger partial charge in [0.1, 0.15) is 0 Å². The maximum Gasteiger partial charge on any atom is 0.239 e. The second kappa shape index (κ2) is 6.50. The minimum atomic E-state index is -0.431. The number of piperidine rings is 1. The molecule has 3 rings (SSSR count). The van der Waals surface area contributed by atoms with Crippen molar-refractivity contribution in [2.45, 2.75) is 38.3 Å². The van der Waals surface area contributed by atoms with Crippen LogP contribution in [0, 0.1) is 0 Å². The fraction of sp³-hybridized carbons (Fsp3) is 0.438. The number of fused-ring (bicyclic) bond motifs is 1. The lowest BCUT2D eigenvalue weighted by molar-refractivity contribution is -0.136. The number of hydrogen-bond acceptors (Lipinski definition) is 2. The lowest BCUT2D eigenvalue weighted by Crippen LogP contribution is -2.46. The SMILES string of the molecule is C[C@@H](N)C(=O)N1CCCCC1c1cc2ccccc2[nH]1.Cl. The number of carbonyl (C=O) groups is 1. The van der Waals surface area contributed by atoms with Gasteiger partial charge in [-0.05, 0) is 43.7 Å². The molecule has 5 heteroatoms. The number of likely N-dealkylation sites (tertiary alicyclic amines) is 1. The van der Waals surface area contributed by atoms with Crippen LogP contribution in [-0.4, -0.2) is 28.4 Å². The molecule has 1 fully saturated rings. The van der Waals surface area contributed by atoms with Crippen LogP contribution in [0.15, 0.2) is 30.3 Å². The van der Waals surface area contributed by atoms with Gasteiger partial charge in [0.2, 0.25) is 5.91 Å². The summed E-state index contributed by atoms with van der Waals surface area (Å²) in [5.74, 6) is 0.0494. The van der Waals surface area contributed by atoms with Crippen molar-refractivity contribution in [2.24, 2.45) is 5.73 Å². The van der Waals surface area contributed by atoms with E-state index in [4.69, 9.17) is 5.73 Å². The summed E-state index contributed by atoms with van der Waals surface area (Å²) in [6.45, 7) is 2.57. The molecule has 1 saturated heterocycles. The largest absolute Gasteiger partial charge is 0.357 e. The van der Waals surface area contributed by atoms with Gasteiger partial charge < -0.3 is 15.6 Å². The predicted octanol–water partition coefficient (Wildman–Crippen LogP) is 2.99. The molecule has 3 N–H and O–H groups in total. The van der Waals surface area contributed by atoms with E-state index in [9.17, 15) is 4.79 Å². The Kier molecular flexibility index (Phi) is 4.91. The molecule has 1 amide bonds. The first-order valence-corrected chi connectivity index (χ1v) is 7.30. The Hall–Kier alpha value is -1.52. The molecule has 0 spiro atoms. The van der Waals surface area contributed by atoms with Gasteiger partial charge in [0.15, 0.2) is 0 Å². The highest BCUT2D eigenvalue weighted by molar-refractivity contribution is 5.85. The van der Waals surface area contributed by atoms with Crippen LogP contribution in [0.25, 0.3) is 10.9 Å². The van der Waals surface area contributed by atoms with Gasteiger partial charge in [-0.3, -0.25) is 4.79 Å². The monoisotopic (exact) mass is 307 g/mol. The quantitative estimate of drug-likeness (QED) is 0.896. The maximum atomic E-state index is 12.3. The van der Waals surface area contributed by atoms with Crippen LogP contribution in [0.1, 0.15) is 37.9 Å². The Labute approximate surface area is 131 Å². The Morgan fingerprint density at radius 2 is 2.14 bits per heavy atom. The van der Waals surface area contributed by atoms with E-state index in [2.05, 4.69) is 23.2 Å². The van der Waals surface area contributed by atoms with Crippen LogP contribution in [0.2, 0.25) is 0 Å². The first-order chi connectivity index (χ1) is 9.66. The number of aromatic amines is 1. The number of nitrogens with zero attached hydrogens (tertiary/aromatic N) is 1. The molecule has 0 saturated carbocycles. The molecular formula is C16H22ClN3O. The molecule has 1 aromatic carbocycles. The summed E-state index contributed by atoms with van der Waals surface area (Å²) in [6.07, 6.45) is 3.23. The van der Waals surface area contributed by atoms with Crippen LogP contribution in [0.3, 0.4) is 0 Å². The van der Waals surface area contributed by atoms with E-state index in [0.717, 1.165) is 37.0 Å². The molecule has 2 heterocycles. The standard InChI is InChI=1S/C16H21N3O.ClH/c1-11(17)16(20)19-9-5-4-8-15(19)14-10-12-6-2-3-7-13(12)18-14;/h2-3,6-7,10-11,15,18H,4-5,8-9,17H2,1H3;1H/t11-,15?;/m1./s1. The third-order valence-corrected chi connectivity index (χ3v) is 4.09. The Balaban J connectivity index is 0.00000161. The van der Waals surface area contributed by atoms with Gasteiger partial charge in [-0.25, -0.2) is 0 Å². The minimum absolute atomic E-state index is 0. The molecule has 1 aromatic heterocycles. The number of hydrogen-bond donors (Lipinski definition) is 2. The van der Waals surface area contributed by atoms with Crippen LogP contribution in [0.4, 0.5) is 0 Å². The summed E-state index contributed by atoms with van der Waals surface area (Å²) in [4.78, 5) is 17.7. The number of amides is 1. The van der Waals surface area contributed by atoms with Gasteiger partial charge in [0, 0.05) is 17.8 Å². The van der Waals surface area contributed by atoms with E-state index in [-0.39, 0.29) is 24.4 Å². The van der Waals surface area contributed by atoms with Gasteiger partial charge >= 0.3 is 0 Å². The van der Waals surface area contributed by atoms with Gasteiger partial charge in [0.05, 0.1) is 12.1 Å². The lowest BCUT2D eigenvalue weighted by atomic mass is 9.98. The Morgan fingerprint density at radius 3 is 2.86 bits per heavy atom. The molecule has 1 unspecified atom stereocenters. The number of nitrogens with two attached hydrogens (primary N) is 1. The van der Waals surface area contributed by atoms with Gasteiger partial charge in [0.25, 0.3) is 0 Å². The highest BCUT2D eigenvalue weighted by Gasteiger charge is 2.30. The summed E-state index contributed by atoms with van der Waals surface area (Å²) in [7, 11) is 0. The molecule has 2 aromatic rings. The summed E-state index contributed by atoms with van der Waals surface area (Å²) < 4.78 is 0. The van der Waals surface area contributed by atoms with Crippen LogP contribution in [-0.2, 0) is 4.79 Å². The zero-order valence-corrected chi connectivity index (χ0v) is 13.0. The van der Waals surface area contributed by atoms with E-state index >= 15 is 0 Å². The average Bonchev–Trinajstić information content (AvgIpc) is 2.90. The third-order valence-electron chi connectivity index (χ3n) is 4.09. The number of halogens is 1. The highest BCUT2D eigenvalue weighted by atomic mass is 35.5. The molecule has 0 radical (unpaired) electrons. The second-order valence-electron chi connectivity index (χ2n) is 5.64. The van der Waals surface area contributed by atoms with Crippen molar-refractivity contribution in [1.82, 2.24) is 9.88 Å². The fourth-order valence-electron chi connectivity index (χ4n) is 3.06. The molecular weight excluding hydrogens is 286 g/mol. The Morgan fingerprint density at radius 1 is 1.38 bits per heavy atom. The first-order valence-electron chi connectivity index (χ1n) is 7.30. The molecule has 2 atom stereocenters. The number of rotatable bonds is 2. The smallest absolute Gasteiger partial charge is 0.239 e. The van der Waals surface area contributed by atoms with Crippen molar-refractivity contribution in [3.8, 4) is 0 Å². The van der Waals surface area contributed by atoms with Crippen LogP contribution >= 0.6 is 12.4 Å². The maximum absolute atomic E-state index is 12.3.